The number of hydrogen-bond donors (Lipinski definition) is 1. The van der Waals surface area contributed by atoms with Gasteiger partial charge in [0, 0.05) is 49.4 Å². The lowest BCUT2D eigenvalue weighted by atomic mass is 10.1. The van der Waals surface area contributed by atoms with Crippen molar-refractivity contribution in [3.63, 3.8) is 0 Å². The Hall–Kier alpha value is -2.60. The smallest absolute Gasteiger partial charge is 0.159 e. The minimum atomic E-state index is 0.781. The summed E-state index contributed by atoms with van der Waals surface area (Å²) in [4.78, 5) is 13.1. The van der Waals surface area contributed by atoms with Crippen LogP contribution in [0.4, 0.5) is 0 Å². The summed E-state index contributed by atoms with van der Waals surface area (Å²) in [6.45, 7) is 5.46. The Kier molecular flexibility index (Phi) is 4.87. The third-order valence-electron chi connectivity index (χ3n) is 5.16. The van der Waals surface area contributed by atoms with Crippen LogP contribution in [0.3, 0.4) is 0 Å². The summed E-state index contributed by atoms with van der Waals surface area (Å²) in [5.74, 6) is 0.781. The quantitative estimate of drug-likeness (QED) is 0.563. The molecular formula is C23H22N4S. The average molecular weight is 387 g/mol. The molecule has 140 valence electrons. The van der Waals surface area contributed by atoms with E-state index in [0.717, 1.165) is 54.3 Å². The maximum absolute atomic E-state index is 4.77. The van der Waals surface area contributed by atoms with Gasteiger partial charge in [0.2, 0.25) is 0 Å². The van der Waals surface area contributed by atoms with Crippen LogP contribution in [-0.4, -0.2) is 41.0 Å². The highest BCUT2D eigenvalue weighted by Gasteiger charge is 2.11. The molecule has 1 saturated heterocycles. The molecule has 3 heterocycles. The predicted octanol–water partition coefficient (Wildman–Crippen LogP) is 4.43. The van der Waals surface area contributed by atoms with E-state index in [0.29, 0.717) is 0 Å². The van der Waals surface area contributed by atoms with Crippen LogP contribution >= 0.6 is 11.3 Å². The van der Waals surface area contributed by atoms with Gasteiger partial charge in [0.25, 0.3) is 0 Å². The second kappa shape index (κ2) is 7.80. The lowest BCUT2D eigenvalue weighted by molar-refractivity contribution is 0.233. The Balaban J connectivity index is 1.38. The van der Waals surface area contributed by atoms with E-state index >= 15 is 0 Å². The van der Waals surface area contributed by atoms with E-state index in [9.17, 15) is 0 Å². The summed E-state index contributed by atoms with van der Waals surface area (Å²) in [5.41, 5.74) is 4.68. The molecule has 4 nitrogen and oxygen atoms in total. The third kappa shape index (κ3) is 3.69. The second-order valence-electron chi connectivity index (χ2n) is 7.14. The van der Waals surface area contributed by atoms with Crippen LogP contribution < -0.4 is 5.32 Å². The topological polar surface area (TPSA) is 41.1 Å². The van der Waals surface area contributed by atoms with E-state index in [1.54, 1.807) is 11.3 Å². The third-order valence-corrected chi connectivity index (χ3v) is 6.26. The standard InChI is InChI=1S/C23H22N4S/c1-2-4-19(5-3-1)23-25-15-22-20(26-23)14-21(28-22)18-8-6-17(7-9-18)16-27-12-10-24-11-13-27/h1-9,14-15,24H,10-13,16H2. The summed E-state index contributed by atoms with van der Waals surface area (Å²) in [6.07, 6.45) is 1.94. The molecule has 1 aliphatic rings. The van der Waals surface area contributed by atoms with Crippen LogP contribution in [0.15, 0.2) is 66.9 Å². The van der Waals surface area contributed by atoms with E-state index in [1.165, 1.54) is 16.0 Å². The molecular weight excluding hydrogens is 364 g/mol. The van der Waals surface area contributed by atoms with Crippen LogP contribution in [0.1, 0.15) is 5.56 Å². The number of aromatic nitrogens is 2. The van der Waals surface area contributed by atoms with Crippen LogP contribution in [-0.2, 0) is 6.54 Å². The first-order chi connectivity index (χ1) is 13.8. The molecule has 2 aromatic carbocycles. The Labute approximate surface area is 168 Å². The number of thiophene rings is 1. The predicted molar refractivity (Wildman–Crippen MR) is 116 cm³/mol. The second-order valence-corrected chi connectivity index (χ2v) is 8.23. The number of nitrogens with one attached hydrogen (secondary N) is 1. The highest BCUT2D eigenvalue weighted by Crippen LogP contribution is 2.33. The van der Waals surface area contributed by atoms with Gasteiger partial charge in [-0.05, 0) is 17.2 Å². The molecule has 0 radical (unpaired) electrons. The highest BCUT2D eigenvalue weighted by atomic mass is 32.1. The van der Waals surface area contributed by atoms with Crippen molar-refractivity contribution in [2.75, 3.05) is 26.2 Å². The summed E-state index contributed by atoms with van der Waals surface area (Å²) in [6, 6.07) is 21.3. The monoisotopic (exact) mass is 386 g/mol. The van der Waals surface area contributed by atoms with Gasteiger partial charge in [-0.2, -0.15) is 0 Å². The molecule has 0 amide bonds. The van der Waals surface area contributed by atoms with Crippen LogP contribution in [0.2, 0.25) is 0 Å². The molecule has 1 fully saturated rings. The van der Waals surface area contributed by atoms with Crippen molar-refractivity contribution in [2.24, 2.45) is 0 Å². The Morgan fingerprint density at radius 2 is 1.71 bits per heavy atom. The molecule has 2 aromatic heterocycles. The van der Waals surface area contributed by atoms with Crippen molar-refractivity contribution < 1.29 is 0 Å². The minimum absolute atomic E-state index is 0.781. The number of nitrogens with zero attached hydrogens (tertiary/aromatic N) is 3. The molecule has 1 aliphatic heterocycles. The van der Waals surface area contributed by atoms with E-state index in [2.05, 4.69) is 45.5 Å². The Morgan fingerprint density at radius 1 is 0.929 bits per heavy atom. The molecule has 0 saturated carbocycles. The van der Waals surface area contributed by atoms with Gasteiger partial charge in [0.15, 0.2) is 5.82 Å². The Morgan fingerprint density at radius 3 is 2.50 bits per heavy atom. The van der Waals surface area contributed by atoms with Gasteiger partial charge in [0.1, 0.15) is 0 Å². The summed E-state index contributed by atoms with van der Waals surface area (Å²) < 4.78 is 1.12. The van der Waals surface area contributed by atoms with Gasteiger partial charge < -0.3 is 5.32 Å². The molecule has 1 N–H and O–H groups in total. The van der Waals surface area contributed by atoms with E-state index in [1.807, 2.05) is 36.5 Å². The number of benzene rings is 2. The first-order valence-corrected chi connectivity index (χ1v) is 10.5. The maximum Gasteiger partial charge on any atom is 0.159 e. The molecule has 4 aromatic rings. The van der Waals surface area contributed by atoms with Crippen molar-refractivity contribution in [2.45, 2.75) is 6.54 Å². The zero-order valence-corrected chi connectivity index (χ0v) is 16.5. The van der Waals surface area contributed by atoms with Crippen LogP contribution in [0.5, 0.6) is 0 Å². The van der Waals surface area contributed by atoms with Gasteiger partial charge in [-0.3, -0.25) is 4.90 Å². The van der Waals surface area contributed by atoms with E-state index < -0.39 is 0 Å². The molecule has 5 heteroatoms. The number of fused-ring (bicyclic) bond motifs is 1. The van der Waals surface area contributed by atoms with Crippen LogP contribution in [0.25, 0.3) is 32.0 Å². The summed E-state index contributed by atoms with van der Waals surface area (Å²) >= 11 is 1.75. The summed E-state index contributed by atoms with van der Waals surface area (Å²) in [7, 11) is 0. The first-order valence-electron chi connectivity index (χ1n) is 9.69. The molecule has 28 heavy (non-hydrogen) atoms. The number of piperazine rings is 1. The van der Waals surface area contributed by atoms with Gasteiger partial charge in [-0.15, -0.1) is 11.3 Å². The molecule has 5 rings (SSSR count). The molecule has 0 spiro atoms. The Bertz CT molecular complexity index is 1070. The van der Waals surface area contributed by atoms with Crippen molar-refractivity contribution in [3.05, 3.63) is 72.4 Å². The van der Waals surface area contributed by atoms with Crippen molar-refractivity contribution >= 4 is 21.6 Å². The SMILES string of the molecule is c1ccc(-c2ncc3sc(-c4ccc(CN5CCNCC5)cc4)cc3n2)cc1. The fourth-order valence-corrected chi connectivity index (χ4v) is 4.58. The molecule has 0 aliphatic carbocycles. The largest absolute Gasteiger partial charge is 0.314 e. The van der Waals surface area contributed by atoms with E-state index in [-0.39, 0.29) is 0 Å². The normalized spacial score (nSPS) is 15.1. The zero-order chi connectivity index (χ0) is 18.8. The van der Waals surface area contributed by atoms with Gasteiger partial charge in [0.05, 0.1) is 10.2 Å². The van der Waals surface area contributed by atoms with Gasteiger partial charge in [-0.25, -0.2) is 9.97 Å². The number of rotatable bonds is 4. The van der Waals surface area contributed by atoms with Crippen molar-refractivity contribution in [3.8, 4) is 21.8 Å². The zero-order valence-electron chi connectivity index (χ0n) is 15.6. The highest BCUT2D eigenvalue weighted by molar-refractivity contribution is 7.22. The molecule has 0 unspecified atom stereocenters. The minimum Gasteiger partial charge on any atom is -0.314 e. The van der Waals surface area contributed by atoms with Gasteiger partial charge in [-0.1, -0.05) is 54.6 Å². The van der Waals surface area contributed by atoms with Crippen LogP contribution in [0, 0.1) is 0 Å². The molecule has 0 bridgehead atoms. The van der Waals surface area contributed by atoms with E-state index in [4.69, 9.17) is 4.98 Å². The number of hydrogen-bond acceptors (Lipinski definition) is 5. The van der Waals surface area contributed by atoms with Gasteiger partial charge >= 0.3 is 0 Å². The fourth-order valence-electron chi connectivity index (χ4n) is 3.61. The lowest BCUT2D eigenvalue weighted by Gasteiger charge is -2.27. The van der Waals surface area contributed by atoms with Crippen molar-refractivity contribution in [1.82, 2.24) is 20.2 Å². The average Bonchev–Trinajstić information content (AvgIpc) is 3.19. The summed E-state index contributed by atoms with van der Waals surface area (Å²) in [5, 5.41) is 3.41. The van der Waals surface area contributed by atoms with Crippen molar-refractivity contribution in [1.29, 1.82) is 0 Å². The molecule has 0 atom stereocenters. The fraction of sp³-hybridized carbons (Fsp3) is 0.217. The maximum atomic E-state index is 4.77. The lowest BCUT2D eigenvalue weighted by Crippen LogP contribution is -2.42. The first kappa shape index (κ1) is 17.5.